The molecule has 0 saturated heterocycles. The van der Waals surface area contributed by atoms with Crippen molar-refractivity contribution in [3.8, 4) is 0 Å². The lowest BCUT2D eigenvalue weighted by atomic mass is 10.2. The molecule has 2 N–H and O–H groups in total. The molecule has 20 heavy (non-hydrogen) atoms. The normalized spacial score (nSPS) is 16.4. The van der Waals surface area contributed by atoms with Crippen molar-refractivity contribution in [3.05, 3.63) is 30.1 Å². The van der Waals surface area contributed by atoms with Gasteiger partial charge in [-0.25, -0.2) is 4.98 Å². The van der Waals surface area contributed by atoms with Crippen LogP contribution in [0.1, 0.15) is 25.6 Å². The number of carboxylic acid groups (broad SMARTS) is 1. The van der Waals surface area contributed by atoms with E-state index in [0.29, 0.717) is 12.6 Å². The van der Waals surface area contributed by atoms with Gasteiger partial charge in [0, 0.05) is 12.5 Å². The number of carboxylic acids is 1. The fourth-order valence-electron chi connectivity index (χ4n) is 2.52. The quantitative estimate of drug-likeness (QED) is 0.842. The van der Waals surface area contributed by atoms with Crippen molar-refractivity contribution in [2.45, 2.75) is 44.8 Å². The zero-order valence-corrected chi connectivity index (χ0v) is 11.5. The Kier molecular flexibility index (Phi) is 3.44. The standard InChI is InChI=1S/C15H19N3O2/c1-2-14-17-11-5-3-4-6-13(11)18(14)9-12(15(19)20)16-10-7-8-10/h3-6,10,12,16H,2,7-9H2,1H3,(H,19,20). The summed E-state index contributed by atoms with van der Waals surface area (Å²) in [5.74, 6) is 0.145. The predicted octanol–water partition coefficient (Wildman–Crippen LogP) is 1.80. The maximum Gasteiger partial charge on any atom is 0.322 e. The molecule has 1 heterocycles. The number of nitrogens with one attached hydrogen (secondary N) is 1. The summed E-state index contributed by atoms with van der Waals surface area (Å²) in [6, 6.07) is 7.70. The lowest BCUT2D eigenvalue weighted by molar-refractivity contribution is -0.139. The number of aromatic nitrogens is 2. The molecule has 1 aliphatic rings. The Morgan fingerprint density at radius 1 is 1.50 bits per heavy atom. The molecular formula is C15H19N3O2. The summed E-state index contributed by atoms with van der Waals surface area (Å²) >= 11 is 0. The molecular weight excluding hydrogens is 254 g/mol. The van der Waals surface area contributed by atoms with E-state index in [-0.39, 0.29) is 0 Å². The molecule has 1 fully saturated rings. The Hall–Kier alpha value is -1.88. The van der Waals surface area contributed by atoms with E-state index >= 15 is 0 Å². The van der Waals surface area contributed by atoms with Gasteiger partial charge in [0.05, 0.1) is 17.6 Å². The first-order valence-corrected chi connectivity index (χ1v) is 7.12. The summed E-state index contributed by atoms with van der Waals surface area (Å²) in [5.41, 5.74) is 1.94. The van der Waals surface area contributed by atoms with E-state index in [9.17, 15) is 9.90 Å². The van der Waals surface area contributed by atoms with Crippen LogP contribution in [0.3, 0.4) is 0 Å². The molecule has 0 spiro atoms. The molecule has 0 radical (unpaired) electrons. The number of carbonyl (C=O) groups is 1. The van der Waals surface area contributed by atoms with Crippen molar-refractivity contribution in [1.82, 2.24) is 14.9 Å². The van der Waals surface area contributed by atoms with Crippen LogP contribution < -0.4 is 5.32 Å². The number of imidazole rings is 1. The van der Waals surface area contributed by atoms with E-state index in [0.717, 1.165) is 36.1 Å². The molecule has 5 nitrogen and oxygen atoms in total. The first kappa shape index (κ1) is 13.1. The minimum atomic E-state index is -0.795. The third-order valence-corrected chi connectivity index (χ3v) is 3.73. The lowest BCUT2D eigenvalue weighted by Crippen LogP contribution is -2.41. The second-order valence-electron chi connectivity index (χ2n) is 5.31. The maximum absolute atomic E-state index is 11.4. The topological polar surface area (TPSA) is 67.2 Å². The summed E-state index contributed by atoms with van der Waals surface area (Å²) in [4.78, 5) is 16.0. The molecule has 5 heteroatoms. The van der Waals surface area contributed by atoms with E-state index < -0.39 is 12.0 Å². The van der Waals surface area contributed by atoms with Crippen LogP contribution in [0.25, 0.3) is 11.0 Å². The predicted molar refractivity (Wildman–Crippen MR) is 76.7 cm³/mol. The van der Waals surface area contributed by atoms with Crippen LogP contribution in [-0.2, 0) is 17.8 Å². The molecule has 3 rings (SSSR count). The number of rotatable bonds is 6. The van der Waals surface area contributed by atoms with Crippen molar-refractivity contribution in [3.63, 3.8) is 0 Å². The van der Waals surface area contributed by atoms with E-state index in [1.165, 1.54) is 0 Å². The van der Waals surface area contributed by atoms with Crippen molar-refractivity contribution in [2.24, 2.45) is 0 Å². The number of hydrogen-bond acceptors (Lipinski definition) is 3. The van der Waals surface area contributed by atoms with Crippen molar-refractivity contribution < 1.29 is 9.90 Å². The van der Waals surface area contributed by atoms with Gasteiger partial charge in [-0.15, -0.1) is 0 Å². The molecule has 1 unspecified atom stereocenters. The largest absolute Gasteiger partial charge is 0.480 e. The van der Waals surface area contributed by atoms with Crippen LogP contribution in [0.5, 0.6) is 0 Å². The molecule has 0 amide bonds. The highest BCUT2D eigenvalue weighted by molar-refractivity contribution is 5.77. The van der Waals surface area contributed by atoms with Gasteiger partial charge in [0.2, 0.25) is 0 Å². The summed E-state index contributed by atoms with van der Waals surface area (Å²) in [6.45, 7) is 2.47. The number of benzene rings is 1. The van der Waals surface area contributed by atoms with Gasteiger partial charge >= 0.3 is 5.97 Å². The Labute approximate surface area is 117 Å². The molecule has 0 bridgehead atoms. The highest BCUT2D eigenvalue weighted by atomic mass is 16.4. The molecule has 1 atom stereocenters. The van der Waals surface area contributed by atoms with Crippen LogP contribution >= 0.6 is 0 Å². The third-order valence-electron chi connectivity index (χ3n) is 3.73. The Morgan fingerprint density at radius 2 is 2.25 bits per heavy atom. The van der Waals surface area contributed by atoms with Gasteiger partial charge in [0.15, 0.2) is 0 Å². The Balaban J connectivity index is 1.92. The average molecular weight is 273 g/mol. The van der Waals surface area contributed by atoms with Gasteiger partial charge in [-0.1, -0.05) is 19.1 Å². The number of aliphatic carboxylic acids is 1. The number of para-hydroxylation sites is 2. The second kappa shape index (κ2) is 5.25. The third kappa shape index (κ3) is 2.54. The summed E-state index contributed by atoms with van der Waals surface area (Å²) in [6.07, 6.45) is 2.95. The van der Waals surface area contributed by atoms with Gasteiger partial charge in [-0.3, -0.25) is 4.79 Å². The van der Waals surface area contributed by atoms with Gasteiger partial charge in [0.1, 0.15) is 11.9 Å². The highest BCUT2D eigenvalue weighted by Crippen LogP contribution is 2.21. The number of fused-ring (bicyclic) bond motifs is 1. The van der Waals surface area contributed by atoms with Crippen molar-refractivity contribution >= 4 is 17.0 Å². The van der Waals surface area contributed by atoms with Crippen molar-refractivity contribution in [1.29, 1.82) is 0 Å². The fraction of sp³-hybridized carbons (Fsp3) is 0.467. The average Bonchev–Trinajstić information content (AvgIpc) is 3.19. The Bertz CT molecular complexity index is 631. The molecule has 0 aliphatic heterocycles. The Morgan fingerprint density at radius 3 is 2.90 bits per heavy atom. The van der Waals surface area contributed by atoms with E-state index in [1.807, 2.05) is 35.8 Å². The first-order chi connectivity index (χ1) is 9.69. The number of hydrogen-bond donors (Lipinski definition) is 2. The van der Waals surface area contributed by atoms with Crippen LogP contribution in [-0.4, -0.2) is 32.7 Å². The number of aryl methyl sites for hydroxylation is 1. The first-order valence-electron chi connectivity index (χ1n) is 7.12. The van der Waals surface area contributed by atoms with Crippen molar-refractivity contribution in [2.75, 3.05) is 0 Å². The smallest absolute Gasteiger partial charge is 0.322 e. The molecule has 106 valence electrons. The van der Waals surface area contributed by atoms with E-state index in [2.05, 4.69) is 10.3 Å². The number of nitrogens with zero attached hydrogens (tertiary/aromatic N) is 2. The van der Waals surface area contributed by atoms with E-state index in [1.54, 1.807) is 0 Å². The van der Waals surface area contributed by atoms with Gasteiger partial charge in [-0.2, -0.15) is 0 Å². The van der Waals surface area contributed by atoms with Gasteiger partial charge < -0.3 is 15.0 Å². The summed E-state index contributed by atoms with van der Waals surface area (Å²) < 4.78 is 2.03. The molecule has 1 saturated carbocycles. The SMILES string of the molecule is CCc1nc2ccccc2n1CC(NC1CC1)C(=O)O. The van der Waals surface area contributed by atoms with Gasteiger partial charge in [0.25, 0.3) is 0 Å². The minimum Gasteiger partial charge on any atom is -0.480 e. The molecule has 2 aromatic rings. The zero-order valence-electron chi connectivity index (χ0n) is 11.5. The van der Waals surface area contributed by atoms with Crippen LogP contribution in [0.4, 0.5) is 0 Å². The van der Waals surface area contributed by atoms with Crippen LogP contribution in [0.2, 0.25) is 0 Å². The lowest BCUT2D eigenvalue weighted by Gasteiger charge is -2.16. The molecule has 1 aromatic carbocycles. The fourth-order valence-corrected chi connectivity index (χ4v) is 2.52. The van der Waals surface area contributed by atoms with Gasteiger partial charge in [-0.05, 0) is 25.0 Å². The zero-order chi connectivity index (χ0) is 14.1. The van der Waals surface area contributed by atoms with Crippen LogP contribution in [0, 0.1) is 0 Å². The summed E-state index contributed by atoms with van der Waals surface area (Å²) in [7, 11) is 0. The monoisotopic (exact) mass is 273 g/mol. The molecule has 1 aliphatic carbocycles. The highest BCUT2D eigenvalue weighted by Gasteiger charge is 2.29. The maximum atomic E-state index is 11.4. The molecule has 1 aromatic heterocycles. The summed E-state index contributed by atoms with van der Waals surface area (Å²) in [5, 5.41) is 12.6. The minimum absolute atomic E-state index is 0.371. The van der Waals surface area contributed by atoms with E-state index in [4.69, 9.17) is 0 Å². The van der Waals surface area contributed by atoms with Crippen LogP contribution in [0.15, 0.2) is 24.3 Å². The second-order valence-corrected chi connectivity index (χ2v) is 5.31.